The zero-order valence-electron chi connectivity index (χ0n) is 10.5. The van der Waals surface area contributed by atoms with Crippen molar-refractivity contribution in [3.05, 3.63) is 17.5 Å². The first-order chi connectivity index (χ1) is 7.68. The Kier molecular flexibility index (Phi) is 3.61. The number of hydrogen-bond acceptors (Lipinski definition) is 3. The number of H-pyrrole nitrogens is 1. The van der Waals surface area contributed by atoms with Gasteiger partial charge in [0.1, 0.15) is 0 Å². The monoisotopic (exact) mass is 222 g/mol. The summed E-state index contributed by atoms with van der Waals surface area (Å²) in [5.74, 6) is 0. The van der Waals surface area contributed by atoms with Gasteiger partial charge in [-0.3, -0.25) is 10.00 Å². The highest BCUT2D eigenvalue weighted by molar-refractivity contribution is 5.13. The highest BCUT2D eigenvalue weighted by Crippen LogP contribution is 2.26. The van der Waals surface area contributed by atoms with E-state index in [1.54, 1.807) is 0 Å². The standard InChI is InChI=1S/C12H22N4/c1-9(16(3)12-4-5-12)6-13-7-11-8-14-15-10(11)2/h8-9,12-13H,4-7H2,1-3H3,(H,14,15). The Balaban J connectivity index is 1.69. The first-order valence-electron chi connectivity index (χ1n) is 6.10. The van der Waals surface area contributed by atoms with E-state index >= 15 is 0 Å². The molecule has 0 spiro atoms. The summed E-state index contributed by atoms with van der Waals surface area (Å²) in [6.07, 6.45) is 4.65. The molecule has 1 aliphatic rings. The van der Waals surface area contributed by atoms with Gasteiger partial charge in [0.25, 0.3) is 0 Å². The highest BCUT2D eigenvalue weighted by atomic mass is 15.2. The van der Waals surface area contributed by atoms with Gasteiger partial charge in [0.05, 0.1) is 6.20 Å². The zero-order chi connectivity index (χ0) is 11.5. The lowest BCUT2D eigenvalue weighted by atomic mass is 10.2. The van der Waals surface area contributed by atoms with E-state index in [1.807, 2.05) is 6.20 Å². The Morgan fingerprint density at radius 2 is 2.38 bits per heavy atom. The minimum atomic E-state index is 0.611. The van der Waals surface area contributed by atoms with Crippen molar-refractivity contribution in [2.45, 2.75) is 45.3 Å². The van der Waals surface area contributed by atoms with Crippen LogP contribution in [0.2, 0.25) is 0 Å². The van der Waals surface area contributed by atoms with Gasteiger partial charge in [-0.2, -0.15) is 5.10 Å². The zero-order valence-corrected chi connectivity index (χ0v) is 10.5. The van der Waals surface area contributed by atoms with Gasteiger partial charge >= 0.3 is 0 Å². The van der Waals surface area contributed by atoms with Gasteiger partial charge in [-0.1, -0.05) is 0 Å². The first-order valence-corrected chi connectivity index (χ1v) is 6.10. The van der Waals surface area contributed by atoms with Crippen LogP contribution < -0.4 is 5.32 Å². The second kappa shape index (κ2) is 4.97. The number of aromatic nitrogens is 2. The molecule has 0 saturated heterocycles. The number of rotatable bonds is 6. The lowest BCUT2D eigenvalue weighted by Crippen LogP contribution is -2.38. The third-order valence-electron chi connectivity index (χ3n) is 3.51. The topological polar surface area (TPSA) is 44.0 Å². The van der Waals surface area contributed by atoms with Crippen LogP contribution in [0.3, 0.4) is 0 Å². The van der Waals surface area contributed by atoms with Crippen molar-refractivity contribution in [2.24, 2.45) is 0 Å². The average Bonchev–Trinajstić information content (AvgIpc) is 3.03. The fourth-order valence-corrected chi connectivity index (χ4v) is 1.96. The molecule has 0 amide bonds. The molecule has 1 unspecified atom stereocenters. The van der Waals surface area contributed by atoms with Crippen LogP contribution in [0.5, 0.6) is 0 Å². The molecule has 2 N–H and O–H groups in total. The van der Waals surface area contributed by atoms with Crippen LogP contribution >= 0.6 is 0 Å². The summed E-state index contributed by atoms with van der Waals surface area (Å²) in [6, 6.07) is 1.45. The van der Waals surface area contributed by atoms with Gasteiger partial charge in [0, 0.05) is 36.4 Å². The molecule has 1 aromatic rings. The maximum absolute atomic E-state index is 4.02. The summed E-state index contributed by atoms with van der Waals surface area (Å²) in [4.78, 5) is 2.48. The van der Waals surface area contributed by atoms with Crippen molar-refractivity contribution < 1.29 is 0 Å². The molecule has 90 valence electrons. The van der Waals surface area contributed by atoms with Crippen molar-refractivity contribution >= 4 is 0 Å². The lowest BCUT2D eigenvalue weighted by Gasteiger charge is -2.24. The predicted octanol–water partition coefficient (Wildman–Crippen LogP) is 1.29. The van der Waals surface area contributed by atoms with Crippen LogP contribution in [0.15, 0.2) is 6.20 Å². The van der Waals surface area contributed by atoms with Crippen molar-refractivity contribution in [2.75, 3.05) is 13.6 Å². The van der Waals surface area contributed by atoms with Crippen LogP contribution in [0.25, 0.3) is 0 Å². The molecule has 0 bridgehead atoms. The SMILES string of the molecule is Cc1[nH]ncc1CNCC(C)N(C)C1CC1. The minimum absolute atomic E-state index is 0.611. The fraction of sp³-hybridized carbons (Fsp3) is 0.750. The van der Waals surface area contributed by atoms with Gasteiger partial charge in [-0.25, -0.2) is 0 Å². The van der Waals surface area contributed by atoms with Gasteiger partial charge in [-0.15, -0.1) is 0 Å². The van der Waals surface area contributed by atoms with Gasteiger partial charge in [0.2, 0.25) is 0 Å². The molecular formula is C12H22N4. The molecule has 0 aromatic carbocycles. The van der Waals surface area contributed by atoms with Crippen molar-refractivity contribution in [3.8, 4) is 0 Å². The van der Waals surface area contributed by atoms with Gasteiger partial charge in [-0.05, 0) is 33.7 Å². The van der Waals surface area contributed by atoms with E-state index in [0.29, 0.717) is 6.04 Å². The van der Waals surface area contributed by atoms with Gasteiger partial charge in [0.15, 0.2) is 0 Å². The third kappa shape index (κ3) is 2.83. The molecule has 0 radical (unpaired) electrons. The van der Waals surface area contributed by atoms with Gasteiger partial charge < -0.3 is 5.32 Å². The summed E-state index contributed by atoms with van der Waals surface area (Å²) < 4.78 is 0. The summed E-state index contributed by atoms with van der Waals surface area (Å²) in [5.41, 5.74) is 2.43. The van der Waals surface area contributed by atoms with E-state index in [1.165, 1.54) is 18.4 Å². The Bertz CT molecular complexity index is 330. The number of nitrogens with one attached hydrogen (secondary N) is 2. The molecule has 1 saturated carbocycles. The quantitative estimate of drug-likeness (QED) is 0.762. The van der Waals surface area contributed by atoms with Crippen molar-refractivity contribution in [3.63, 3.8) is 0 Å². The molecule has 1 aromatic heterocycles. The largest absolute Gasteiger partial charge is 0.311 e. The Hall–Kier alpha value is -0.870. The normalized spacial score (nSPS) is 18.0. The summed E-state index contributed by atoms with van der Waals surface area (Å²) >= 11 is 0. The van der Waals surface area contributed by atoms with Crippen LogP contribution in [-0.2, 0) is 6.54 Å². The molecule has 4 nitrogen and oxygen atoms in total. The van der Waals surface area contributed by atoms with Crippen LogP contribution in [0.1, 0.15) is 31.0 Å². The molecule has 1 aliphatic carbocycles. The second-order valence-corrected chi connectivity index (χ2v) is 4.90. The van der Waals surface area contributed by atoms with E-state index in [0.717, 1.165) is 24.8 Å². The average molecular weight is 222 g/mol. The summed E-state index contributed by atoms with van der Waals surface area (Å²) in [7, 11) is 2.23. The predicted molar refractivity (Wildman–Crippen MR) is 65.3 cm³/mol. The molecule has 16 heavy (non-hydrogen) atoms. The molecule has 1 fully saturated rings. The van der Waals surface area contributed by atoms with Crippen molar-refractivity contribution in [1.82, 2.24) is 20.4 Å². The maximum atomic E-state index is 4.02. The number of aryl methyl sites for hydroxylation is 1. The summed E-state index contributed by atoms with van der Waals surface area (Å²) in [6.45, 7) is 6.29. The minimum Gasteiger partial charge on any atom is -0.311 e. The number of aromatic amines is 1. The van der Waals surface area contributed by atoms with E-state index in [9.17, 15) is 0 Å². The van der Waals surface area contributed by atoms with E-state index in [2.05, 4.69) is 41.3 Å². The maximum Gasteiger partial charge on any atom is 0.0535 e. The van der Waals surface area contributed by atoms with Crippen molar-refractivity contribution in [1.29, 1.82) is 0 Å². The molecular weight excluding hydrogens is 200 g/mol. The summed E-state index contributed by atoms with van der Waals surface area (Å²) in [5, 5.41) is 10.5. The molecule has 1 atom stereocenters. The lowest BCUT2D eigenvalue weighted by molar-refractivity contribution is 0.241. The number of nitrogens with zero attached hydrogens (tertiary/aromatic N) is 2. The molecule has 1 heterocycles. The van der Waals surface area contributed by atoms with Crippen LogP contribution in [0, 0.1) is 6.92 Å². The fourth-order valence-electron chi connectivity index (χ4n) is 1.96. The Labute approximate surface area is 97.4 Å². The van der Waals surface area contributed by atoms with E-state index < -0.39 is 0 Å². The Morgan fingerprint density at radius 3 is 2.94 bits per heavy atom. The Morgan fingerprint density at radius 1 is 1.62 bits per heavy atom. The number of hydrogen-bond donors (Lipinski definition) is 2. The number of likely N-dealkylation sites (N-methyl/N-ethyl adjacent to an activating group) is 1. The molecule has 4 heteroatoms. The second-order valence-electron chi connectivity index (χ2n) is 4.90. The van der Waals surface area contributed by atoms with Crippen LogP contribution in [-0.4, -0.2) is 40.8 Å². The highest BCUT2D eigenvalue weighted by Gasteiger charge is 2.28. The van der Waals surface area contributed by atoms with E-state index in [4.69, 9.17) is 0 Å². The smallest absolute Gasteiger partial charge is 0.0535 e. The van der Waals surface area contributed by atoms with E-state index in [-0.39, 0.29) is 0 Å². The molecule has 2 rings (SSSR count). The first kappa shape index (κ1) is 11.6. The van der Waals surface area contributed by atoms with Crippen LogP contribution in [0.4, 0.5) is 0 Å². The third-order valence-corrected chi connectivity index (χ3v) is 3.51. The molecule has 0 aliphatic heterocycles.